The molecule has 1 atom stereocenters. The van der Waals surface area contributed by atoms with Gasteiger partial charge in [0.05, 0.1) is 0 Å². The Morgan fingerprint density at radius 3 is 2.75 bits per heavy atom. The van der Waals surface area contributed by atoms with Crippen LogP contribution in [-0.2, 0) is 0 Å². The molecular weight excluding hydrogens is 227 g/mol. The molecule has 0 radical (unpaired) electrons. The van der Waals surface area contributed by atoms with Crippen LogP contribution in [0.2, 0.25) is 5.02 Å². The van der Waals surface area contributed by atoms with Crippen LogP contribution in [-0.4, -0.2) is 31.1 Å². The van der Waals surface area contributed by atoms with E-state index in [0.29, 0.717) is 10.6 Å². The lowest BCUT2D eigenvalue weighted by Gasteiger charge is -2.33. The van der Waals surface area contributed by atoms with Gasteiger partial charge in [-0.1, -0.05) is 11.6 Å². The summed E-state index contributed by atoms with van der Waals surface area (Å²) in [4.78, 5) is 2.27. The summed E-state index contributed by atoms with van der Waals surface area (Å²) in [6.07, 6.45) is 0. The van der Waals surface area contributed by atoms with E-state index in [9.17, 15) is 4.39 Å². The van der Waals surface area contributed by atoms with E-state index < -0.39 is 0 Å². The average molecular weight is 243 g/mol. The first-order valence-corrected chi connectivity index (χ1v) is 5.96. The fourth-order valence-corrected chi connectivity index (χ4v) is 2.28. The van der Waals surface area contributed by atoms with Gasteiger partial charge in [-0.25, -0.2) is 4.39 Å². The molecule has 1 aromatic rings. The van der Waals surface area contributed by atoms with Crippen LogP contribution in [0.15, 0.2) is 18.2 Å². The predicted octanol–water partition coefficient (Wildman–Crippen LogP) is 2.45. The Morgan fingerprint density at radius 1 is 1.38 bits per heavy atom. The summed E-state index contributed by atoms with van der Waals surface area (Å²) in [5, 5.41) is 3.88. The second-order valence-electron chi connectivity index (χ2n) is 4.13. The molecule has 4 heteroatoms. The fraction of sp³-hybridized carbons (Fsp3) is 0.500. The average Bonchev–Trinajstić information content (AvgIpc) is 2.32. The third-order valence-electron chi connectivity index (χ3n) is 3.11. The van der Waals surface area contributed by atoms with Crippen molar-refractivity contribution < 1.29 is 4.39 Å². The molecule has 0 spiro atoms. The van der Waals surface area contributed by atoms with Crippen LogP contribution in [0.25, 0.3) is 0 Å². The normalized spacial score (nSPS) is 19.7. The van der Waals surface area contributed by atoms with Crippen molar-refractivity contribution in [2.24, 2.45) is 0 Å². The molecule has 2 nitrogen and oxygen atoms in total. The molecule has 0 bridgehead atoms. The maximum absolute atomic E-state index is 13.7. The van der Waals surface area contributed by atoms with E-state index >= 15 is 0 Å². The first-order chi connectivity index (χ1) is 7.68. The Hall–Kier alpha value is -0.640. The Morgan fingerprint density at radius 2 is 2.06 bits per heavy atom. The fourth-order valence-electron chi connectivity index (χ4n) is 2.10. The van der Waals surface area contributed by atoms with Gasteiger partial charge in [-0.05, 0) is 25.1 Å². The number of nitrogens with zero attached hydrogens (tertiary/aromatic N) is 1. The molecule has 1 aliphatic heterocycles. The predicted molar refractivity (Wildman–Crippen MR) is 64.3 cm³/mol. The van der Waals surface area contributed by atoms with Crippen molar-refractivity contribution in [3.63, 3.8) is 0 Å². The van der Waals surface area contributed by atoms with Crippen molar-refractivity contribution >= 4 is 11.6 Å². The van der Waals surface area contributed by atoms with E-state index in [1.54, 1.807) is 12.1 Å². The van der Waals surface area contributed by atoms with Crippen LogP contribution in [0.5, 0.6) is 0 Å². The molecule has 0 aromatic heterocycles. The molecule has 0 unspecified atom stereocenters. The minimum atomic E-state index is -0.171. The van der Waals surface area contributed by atoms with E-state index in [4.69, 9.17) is 11.6 Å². The zero-order chi connectivity index (χ0) is 11.5. The van der Waals surface area contributed by atoms with E-state index in [1.165, 1.54) is 6.07 Å². The number of hydrogen-bond acceptors (Lipinski definition) is 2. The van der Waals surface area contributed by atoms with Crippen molar-refractivity contribution in [1.29, 1.82) is 0 Å². The largest absolute Gasteiger partial charge is 0.314 e. The summed E-state index contributed by atoms with van der Waals surface area (Å²) >= 11 is 5.90. The van der Waals surface area contributed by atoms with Crippen molar-refractivity contribution in [2.45, 2.75) is 13.0 Å². The van der Waals surface area contributed by atoms with Crippen LogP contribution in [0.4, 0.5) is 4.39 Å². The quantitative estimate of drug-likeness (QED) is 0.857. The molecule has 0 amide bonds. The molecule has 16 heavy (non-hydrogen) atoms. The molecule has 1 aliphatic rings. The smallest absolute Gasteiger partial charge is 0.128 e. The maximum Gasteiger partial charge on any atom is 0.128 e. The van der Waals surface area contributed by atoms with Gasteiger partial charge < -0.3 is 5.32 Å². The molecule has 1 heterocycles. The highest BCUT2D eigenvalue weighted by atomic mass is 35.5. The summed E-state index contributed by atoms with van der Waals surface area (Å²) < 4.78 is 13.7. The SMILES string of the molecule is C[C@@H](c1cc(Cl)ccc1F)N1CCNCC1. The summed E-state index contributed by atoms with van der Waals surface area (Å²) in [6, 6.07) is 4.84. The Kier molecular flexibility index (Phi) is 3.79. The third-order valence-corrected chi connectivity index (χ3v) is 3.34. The Balaban J connectivity index is 2.18. The number of rotatable bonds is 2. The van der Waals surface area contributed by atoms with E-state index in [0.717, 1.165) is 26.2 Å². The summed E-state index contributed by atoms with van der Waals surface area (Å²) in [5.74, 6) is -0.171. The minimum absolute atomic E-state index is 0.0841. The minimum Gasteiger partial charge on any atom is -0.314 e. The van der Waals surface area contributed by atoms with Gasteiger partial charge in [-0.15, -0.1) is 0 Å². The Labute approximate surface area is 100 Å². The van der Waals surface area contributed by atoms with E-state index in [-0.39, 0.29) is 11.9 Å². The molecule has 1 saturated heterocycles. The molecule has 1 N–H and O–H groups in total. The summed E-state index contributed by atoms with van der Waals surface area (Å²) in [6.45, 7) is 5.86. The molecule has 0 saturated carbocycles. The number of piperazine rings is 1. The second kappa shape index (κ2) is 5.13. The van der Waals surface area contributed by atoms with Gasteiger partial charge in [-0.2, -0.15) is 0 Å². The number of nitrogens with one attached hydrogen (secondary N) is 1. The van der Waals surface area contributed by atoms with Gasteiger partial charge >= 0.3 is 0 Å². The van der Waals surface area contributed by atoms with Gasteiger partial charge in [0.15, 0.2) is 0 Å². The maximum atomic E-state index is 13.7. The molecule has 0 aliphatic carbocycles. The number of benzene rings is 1. The van der Waals surface area contributed by atoms with Crippen molar-refractivity contribution in [2.75, 3.05) is 26.2 Å². The van der Waals surface area contributed by atoms with Gasteiger partial charge in [0.1, 0.15) is 5.82 Å². The first-order valence-electron chi connectivity index (χ1n) is 5.58. The van der Waals surface area contributed by atoms with Crippen molar-refractivity contribution in [3.05, 3.63) is 34.6 Å². The highest BCUT2D eigenvalue weighted by Gasteiger charge is 2.20. The summed E-state index contributed by atoms with van der Waals surface area (Å²) in [7, 11) is 0. The van der Waals surface area contributed by atoms with Crippen molar-refractivity contribution in [3.8, 4) is 0 Å². The second-order valence-corrected chi connectivity index (χ2v) is 4.56. The van der Waals surface area contributed by atoms with Crippen molar-refractivity contribution in [1.82, 2.24) is 10.2 Å². The number of halogens is 2. The lowest BCUT2D eigenvalue weighted by molar-refractivity contribution is 0.182. The lowest BCUT2D eigenvalue weighted by Crippen LogP contribution is -2.44. The first kappa shape index (κ1) is 11.8. The lowest BCUT2D eigenvalue weighted by atomic mass is 10.1. The molecule has 2 rings (SSSR count). The standard InChI is InChI=1S/C12H16ClFN2/c1-9(16-6-4-15-5-7-16)11-8-10(13)2-3-12(11)14/h2-3,8-9,15H,4-7H2,1H3/t9-/m0/s1. The Bertz CT molecular complexity index is 364. The van der Waals surface area contributed by atoms with Gasteiger partial charge in [0.2, 0.25) is 0 Å². The zero-order valence-electron chi connectivity index (χ0n) is 9.34. The molecular formula is C12H16ClFN2. The van der Waals surface area contributed by atoms with Gasteiger partial charge in [-0.3, -0.25) is 4.90 Å². The van der Waals surface area contributed by atoms with Gasteiger partial charge in [0, 0.05) is 42.8 Å². The topological polar surface area (TPSA) is 15.3 Å². The highest BCUT2D eigenvalue weighted by molar-refractivity contribution is 6.30. The van der Waals surface area contributed by atoms with Crippen LogP contribution in [0, 0.1) is 5.82 Å². The van der Waals surface area contributed by atoms with E-state index in [1.807, 2.05) is 6.92 Å². The van der Waals surface area contributed by atoms with Crippen LogP contribution >= 0.6 is 11.6 Å². The molecule has 88 valence electrons. The zero-order valence-corrected chi connectivity index (χ0v) is 10.1. The number of hydrogen-bond donors (Lipinski definition) is 1. The molecule has 1 fully saturated rings. The highest BCUT2D eigenvalue weighted by Crippen LogP contribution is 2.25. The van der Waals surface area contributed by atoms with E-state index in [2.05, 4.69) is 10.2 Å². The third kappa shape index (κ3) is 2.54. The van der Waals surface area contributed by atoms with Crippen LogP contribution in [0.3, 0.4) is 0 Å². The molecule has 1 aromatic carbocycles. The summed E-state index contributed by atoms with van der Waals surface area (Å²) in [5.41, 5.74) is 0.689. The van der Waals surface area contributed by atoms with Crippen LogP contribution < -0.4 is 5.32 Å². The van der Waals surface area contributed by atoms with Gasteiger partial charge in [0.25, 0.3) is 0 Å². The monoisotopic (exact) mass is 242 g/mol. The van der Waals surface area contributed by atoms with Crippen LogP contribution in [0.1, 0.15) is 18.5 Å².